The molecule has 6 heteroatoms. The zero-order valence-corrected chi connectivity index (χ0v) is 15.8. The zero-order chi connectivity index (χ0) is 18.5. The second-order valence-electron chi connectivity index (χ2n) is 5.88. The van der Waals surface area contributed by atoms with E-state index in [4.69, 9.17) is 0 Å². The van der Waals surface area contributed by atoms with Crippen LogP contribution in [0.4, 0.5) is 0 Å². The molecule has 0 saturated carbocycles. The molecule has 3 aromatic rings. The summed E-state index contributed by atoms with van der Waals surface area (Å²) in [6.07, 6.45) is 2.41. The third-order valence-electron chi connectivity index (χ3n) is 3.99. The van der Waals surface area contributed by atoms with E-state index in [9.17, 15) is 9.59 Å². The van der Waals surface area contributed by atoms with Gasteiger partial charge >= 0.3 is 0 Å². The smallest absolute Gasteiger partial charge is 0.286 e. The van der Waals surface area contributed by atoms with Crippen molar-refractivity contribution in [2.24, 2.45) is 7.05 Å². The van der Waals surface area contributed by atoms with E-state index < -0.39 is 0 Å². The van der Waals surface area contributed by atoms with Crippen LogP contribution in [0.1, 0.15) is 32.0 Å². The molecule has 132 valence electrons. The SMILES string of the molecule is Cn1cc(Br)cc1C(=O)NNC(=O)c1ccccc1Cc1ccccc1. The quantitative estimate of drug-likeness (QED) is 0.645. The molecule has 5 nitrogen and oxygen atoms in total. The van der Waals surface area contributed by atoms with E-state index in [-0.39, 0.29) is 11.8 Å². The number of amides is 2. The Balaban J connectivity index is 1.70. The van der Waals surface area contributed by atoms with Gasteiger partial charge in [0.1, 0.15) is 5.69 Å². The maximum Gasteiger partial charge on any atom is 0.286 e. The number of carbonyl (C=O) groups is 2. The first-order valence-electron chi connectivity index (χ1n) is 8.09. The summed E-state index contributed by atoms with van der Waals surface area (Å²) in [4.78, 5) is 24.8. The number of benzene rings is 2. The fraction of sp³-hybridized carbons (Fsp3) is 0.100. The Labute approximate surface area is 160 Å². The third kappa shape index (κ3) is 4.21. The molecule has 0 aliphatic carbocycles. The highest BCUT2D eigenvalue weighted by Gasteiger charge is 2.15. The standard InChI is InChI=1S/C20H18BrN3O2/c1-24-13-16(21)12-18(24)20(26)23-22-19(25)17-10-6-5-9-15(17)11-14-7-3-2-4-8-14/h2-10,12-13H,11H2,1H3,(H,22,25)(H,23,26). The predicted molar refractivity (Wildman–Crippen MR) is 104 cm³/mol. The third-order valence-corrected chi connectivity index (χ3v) is 4.43. The average Bonchev–Trinajstić information content (AvgIpc) is 2.99. The minimum absolute atomic E-state index is 0.349. The summed E-state index contributed by atoms with van der Waals surface area (Å²) in [5, 5.41) is 0. The highest BCUT2D eigenvalue weighted by Crippen LogP contribution is 2.15. The van der Waals surface area contributed by atoms with Crippen LogP contribution >= 0.6 is 15.9 Å². The number of hydrazine groups is 1. The summed E-state index contributed by atoms with van der Waals surface area (Å²) in [6.45, 7) is 0. The number of carbonyl (C=O) groups excluding carboxylic acids is 2. The first-order chi connectivity index (χ1) is 12.5. The summed E-state index contributed by atoms with van der Waals surface area (Å²) in [5.41, 5.74) is 7.94. The van der Waals surface area contributed by atoms with Gasteiger partial charge in [-0.3, -0.25) is 20.4 Å². The van der Waals surface area contributed by atoms with E-state index in [2.05, 4.69) is 26.8 Å². The van der Waals surface area contributed by atoms with Crippen LogP contribution < -0.4 is 10.9 Å². The molecule has 0 atom stereocenters. The number of nitrogens with zero attached hydrogens (tertiary/aromatic N) is 1. The Hall–Kier alpha value is -2.86. The Morgan fingerprint density at radius 1 is 0.962 bits per heavy atom. The number of aromatic nitrogens is 1. The average molecular weight is 412 g/mol. The van der Waals surface area contributed by atoms with Crippen molar-refractivity contribution in [1.29, 1.82) is 0 Å². The predicted octanol–water partition coefficient (Wildman–Crippen LogP) is 3.45. The minimum atomic E-state index is -0.382. The molecular weight excluding hydrogens is 394 g/mol. The molecule has 0 aliphatic rings. The van der Waals surface area contributed by atoms with Crippen molar-refractivity contribution < 1.29 is 9.59 Å². The van der Waals surface area contributed by atoms with Crippen LogP contribution in [-0.4, -0.2) is 16.4 Å². The molecule has 0 spiro atoms. The molecule has 0 bridgehead atoms. The fourth-order valence-corrected chi connectivity index (χ4v) is 3.23. The van der Waals surface area contributed by atoms with Crippen LogP contribution in [0.3, 0.4) is 0 Å². The molecule has 1 heterocycles. The van der Waals surface area contributed by atoms with Gasteiger partial charge in [0.15, 0.2) is 0 Å². The van der Waals surface area contributed by atoms with Crippen LogP contribution in [0.2, 0.25) is 0 Å². The Morgan fingerprint density at radius 3 is 2.31 bits per heavy atom. The van der Waals surface area contributed by atoms with Gasteiger partial charge in [0.25, 0.3) is 11.8 Å². The lowest BCUT2D eigenvalue weighted by Crippen LogP contribution is -2.42. The van der Waals surface area contributed by atoms with Gasteiger partial charge < -0.3 is 4.57 Å². The Bertz CT molecular complexity index is 935. The Kier molecular flexibility index (Phi) is 5.53. The maximum absolute atomic E-state index is 12.5. The van der Waals surface area contributed by atoms with Gasteiger partial charge in [0.05, 0.1) is 0 Å². The monoisotopic (exact) mass is 411 g/mol. The van der Waals surface area contributed by atoms with Crippen LogP contribution in [0, 0.1) is 0 Å². The molecule has 0 unspecified atom stereocenters. The van der Waals surface area contributed by atoms with Crippen LogP contribution in [-0.2, 0) is 13.5 Å². The van der Waals surface area contributed by atoms with Crippen molar-refractivity contribution in [3.63, 3.8) is 0 Å². The Morgan fingerprint density at radius 2 is 1.62 bits per heavy atom. The van der Waals surface area contributed by atoms with Gasteiger partial charge in [-0.2, -0.15) is 0 Å². The van der Waals surface area contributed by atoms with Crippen molar-refractivity contribution in [2.75, 3.05) is 0 Å². The lowest BCUT2D eigenvalue weighted by atomic mass is 9.99. The highest BCUT2D eigenvalue weighted by atomic mass is 79.9. The highest BCUT2D eigenvalue weighted by molar-refractivity contribution is 9.10. The van der Waals surface area contributed by atoms with Crippen LogP contribution in [0.25, 0.3) is 0 Å². The lowest BCUT2D eigenvalue weighted by molar-refractivity contribution is 0.0841. The molecule has 2 amide bonds. The molecule has 0 saturated heterocycles. The molecule has 0 fully saturated rings. The molecule has 2 aromatic carbocycles. The summed E-state index contributed by atoms with van der Waals surface area (Å²) < 4.78 is 2.47. The summed E-state index contributed by atoms with van der Waals surface area (Å²) in [7, 11) is 1.76. The fourth-order valence-electron chi connectivity index (χ4n) is 2.71. The van der Waals surface area contributed by atoms with Crippen molar-refractivity contribution in [3.8, 4) is 0 Å². The van der Waals surface area contributed by atoms with E-state index in [0.717, 1.165) is 15.6 Å². The number of hydrogen-bond acceptors (Lipinski definition) is 2. The van der Waals surface area contributed by atoms with Crippen molar-refractivity contribution in [1.82, 2.24) is 15.4 Å². The van der Waals surface area contributed by atoms with E-state index in [1.165, 1.54) is 0 Å². The molecule has 3 rings (SSSR count). The van der Waals surface area contributed by atoms with Crippen LogP contribution in [0.5, 0.6) is 0 Å². The number of halogens is 1. The molecule has 2 N–H and O–H groups in total. The van der Waals surface area contributed by atoms with Crippen molar-refractivity contribution in [2.45, 2.75) is 6.42 Å². The molecule has 26 heavy (non-hydrogen) atoms. The number of nitrogens with one attached hydrogen (secondary N) is 2. The van der Waals surface area contributed by atoms with E-state index >= 15 is 0 Å². The summed E-state index contributed by atoms with van der Waals surface area (Å²) in [6, 6.07) is 19.0. The summed E-state index contributed by atoms with van der Waals surface area (Å²) >= 11 is 3.32. The van der Waals surface area contributed by atoms with E-state index in [0.29, 0.717) is 17.7 Å². The van der Waals surface area contributed by atoms with Gasteiger partial charge in [-0.05, 0) is 45.6 Å². The number of hydrogen-bond donors (Lipinski definition) is 2. The second kappa shape index (κ2) is 8.01. The first kappa shape index (κ1) is 17.9. The van der Waals surface area contributed by atoms with E-state index in [1.807, 2.05) is 42.5 Å². The van der Waals surface area contributed by atoms with E-state index in [1.54, 1.807) is 36.0 Å². The minimum Gasteiger partial charge on any atom is -0.345 e. The van der Waals surface area contributed by atoms with Gasteiger partial charge in [-0.15, -0.1) is 0 Å². The lowest BCUT2D eigenvalue weighted by Gasteiger charge is -2.11. The first-order valence-corrected chi connectivity index (χ1v) is 8.88. The maximum atomic E-state index is 12.5. The molecular formula is C20H18BrN3O2. The van der Waals surface area contributed by atoms with Gasteiger partial charge in [0.2, 0.25) is 0 Å². The number of aryl methyl sites for hydroxylation is 1. The largest absolute Gasteiger partial charge is 0.345 e. The van der Waals surface area contributed by atoms with Gasteiger partial charge in [0, 0.05) is 23.3 Å². The molecule has 1 aromatic heterocycles. The van der Waals surface area contributed by atoms with Gasteiger partial charge in [-0.1, -0.05) is 48.5 Å². The molecule has 0 radical (unpaired) electrons. The van der Waals surface area contributed by atoms with Crippen molar-refractivity contribution in [3.05, 3.63) is 93.7 Å². The van der Waals surface area contributed by atoms with Crippen molar-refractivity contribution >= 4 is 27.7 Å². The number of rotatable bonds is 4. The second-order valence-corrected chi connectivity index (χ2v) is 6.80. The van der Waals surface area contributed by atoms with Gasteiger partial charge in [-0.25, -0.2) is 0 Å². The summed E-state index contributed by atoms with van der Waals surface area (Å²) in [5.74, 6) is -0.731. The normalized spacial score (nSPS) is 10.4. The molecule has 0 aliphatic heterocycles. The topological polar surface area (TPSA) is 63.1 Å². The zero-order valence-electron chi connectivity index (χ0n) is 14.2. The van der Waals surface area contributed by atoms with Crippen LogP contribution in [0.15, 0.2) is 71.3 Å².